The van der Waals surface area contributed by atoms with Crippen molar-refractivity contribution in [3.8, 4) is 0 Å². The zero-order valence-electron chi connectivity index (χ0n) is 18.6. The van der Waals surface area contributed by atoms with Gasteiger partial charge in [-0.05, 0) is 60.9 Å². The molecule has 0 saturated carbocycles. The van der Waals surface area contributed by atoms with Crippen molar-refractivity contribution in [2.45, 2.75) is 26.3 Å². The van der Waals surface area contributed by atoms with E-state index in [4.69, 9.17) is 11.6 Å². The van der Waals surface area contributed by atoms with E-state index in [1.807, 2.05) is 43.3 Å². The summed E-state index contributed by atoms with van der Waals surface area (Å²) < 4.78 is 0.941. The summed E-state index contributed by atoms with van der Waals surface area (Å²) in [5.74, 6) is -1.69. The number of carbonyl (C=O) groups excluding carboxylic acids is 2. The lowest BCUT2D eigenvalue weighted by Crippen LogP contribution is -2.29. The topological polar surface area (TPSA) is 70.5 Å². The number of benzene rings is 3. The molecule has 1 aliphatic heterocycles. The number of amides is 1. The van der Waals surface area contributed by atoms with E-state index in [1.165, 1.54) is 21.8 Å². The van der Waals surface area contributed by atoms with Crippen molar-refractivity contribution in [1.29, 1.82) is 0 Å². The van der Waals surface area contributed by atoms with Crippen LogP contribution < -0.4 is 4.90 Å². The highest BCUT2D eigenvalue weighted by Crippen LogP contribution is 2.44. The number of halogens is 1. The van der Waals surface area contributed by atoms with Crippen LogP contribution in [-0.2, 0) is 16.0 Å². The number of aliphatic hydroxyl groups is 1. The van der Waals surface area contributed by atoms with Crippen LogP contribution >= 0.6 is 22.9 Å². The number of Topliss-reactive ketones (excluding diaryl/α,β-unsaturated/α-hetero) is 1. The monoisotopic (exact) mass is 488 g/mol. The third-order valence-corrected chi connectivity index (χ3v) is 7.28. The van der Waals surface area contributed by atoms with Crippen molar-refractivity contribution in [1.82, 2.24) is 4.98 Å². The molecule has 1 aliphatic rings. The molecule has 1 fully saturated rings. The van der Waals surface area contributed by atoms with Gasteiger partial charge in [-0.15, -0.1) is 0 Å². The van der Waals surface area contributed by atoms with Crippen molar-refractivity contribution in [2.24, 2.45) is 0 Å². The molecule has 0 spiro atoms. The molecule has 170 valence electrons. The van der Waals surface area contributed by atoms with Crippen LogP contribution in [-0.4, -0.2) is 21.8 Å². The Hall–Kier alpha value is -3.48. The number of aromatic nitrogens is 1. The van der Waals surface area contributed by atoms with Crippen LogP contribution in [0.15, 0.2) is 72.3 Å². The number of thiazole rings is 1. The van der Waals surface area contributed by atoms with Gasteiger partial charge in [0.1, 0.15) is 5.76 Å². The molecule has 2 heterocycles. The zero-order chi connectivity index (χ0) is 24.0. The van der Waals surface area contributed by atoms with Crippen LogP contribution in [0.1, 0.15) is 35.2 Å². The molecule has 34 heavy (non-hydrogen) atoms. The minimum Gasteiger partial charge on any atom is -0.507 e. The molecule has 1 atom stereocenters. The van der Waals surface area contributed by atoms with E-state index in [0.717, 1.165) is 22.2 Å². The Balaban J connectivity index is 1.71. The molecule has 1 N–H and O–H groups in total. The fourth-order valence-electron chi connectivity index (χ4n) is 4.14. The van der Waals surface area contributed by atoms with E-state index in [0.29, 0.717) is 21.3 Å². The van der Waals surface area contributed by atoms with Crippen molar-refractivity contribution in [3.63, 3.8) is 0 Å². The van der Waals surface area contributed by atoms with Crippen molar-refractivity contribution < 1.29 is 14.7 Å². The van der Waals surface area contributed by atoms with Crippen molar-refractivity contribution in [3.05, 3.63) is 99.6 Å². The van der Waals surface area contributed by atoms with Crippen LogP contribution in [0.4, 0.5) is 5.13 Å². The number of nitrogens with zero attached hydrogens (tertiary/aromatic N) is 2. The third kappa shape index (κ3) is 3.79. The third-order valence-electron chi connectivity index (χ3n) is 6.01. The van der Waals surface area contributed by atoms with Gasteiger partial charge in [-0.3, -0.25) is 14.5 Å². The second-order valence-electron chi connectivity index (χ2n) is 8.24. The summed E-state index contributed by atoms with van der Waals surface area (Å²) in [6.07, 6.45) is 0.887. The van der Waals surface area contributed by atoms with Gasteiger partial charge in [0.2, 0.25) is 0 Å². The number of hydrogen-bond donors (Lipinski definition) is 1. The van der Waals surface area contributed by atoms with Crippen LogP contribution in [0.5, 0.6) is 0 Å². The van der Waals surface area contributed by atoms with Gasteiger partial charge in [-0.25, -0.2) is 4.98 Å². The molecule has 0 bridgehead atoms. The number of ketones is 1. The summed E-state index contributed by atoms with van der Waals surface area (Å²) in [6.45, 7) is 4.04. The highest BCUT2D eigenvalue weighted by atomic mass is 35.5. The molecule has 5 nitrogen and oxygen atoms in total. The normalized spacial score (nSPS) is 17.6. The fraction of sp³-hybridized carbons (Fsp3) is 0.148. The average Bonchev–Trinajstić information content (AvgIpc) is 3.37. The van der Waals surface area contributed by atoms with Gasteiger partial charge in [0.05, 0.1) is 21.8 Å². The molecule has 1 saturated heterocycles. The van der Waals surface area contributed by atoms with Crippen LogP contribution in [0.25, 0.3) is 16.0 Å². The molecule has 0 aliphatic carbocycles. The van der Waals surface area contributed by atoms with E-state index in [1.54, 1.807) is 24.3 Å². The Labute approximate surface area is 205 Å². The molecule has 0 radical (unpaired) electrons. The lowest BCUT2D eigenvalue weighted by molar-refractivity contribution is -0.132. The largest absolute Gasteiger partial charge is 0.507 e. The van der Waals surface area contributed by atoms with Gasteiger partial charge in [0, 0.05) is 10.6 Å². The number of carbonyl (C=O) groups is 2. The molecule has 0 unspecified atom stereocenters. The van der Waals surface area contributed by atoms with Gasteiger partial charge in [-0.1, -0.05) is 65.8 Å². The zero-order valence-corrected chi connectivity index (χ0v) is 20.2. The Morgan fingerprint density at radius 3 is 2.44 bits per heavy atom. The first kappa shape index (κ1) is 22.3. The van der Waals surface area contributed by atoms with Crippen LogP contribution in [0.3, 0.4) is 0 Å². The molecule has 7 heteroatoms. The lowest BCUT2D eigenvalue weighted by Gasteiger charge is -2.23. The maximum Gasteiger partial charge on any atom is 0.301 e. The van der Waals surface area contributed by atoms with Crippen LogP contribution in [0.2, 0.25) is 5.02 Å². The SMILES string of the molecule is CCc1ccc2nc(N3C(=O)C(=O)/C(=C(/O)c4ccc(Cl)cc4)[C@H]3c3ccc(C)cc3)sc2c1. The summed E-state index contributed by atoms with van der Waals surface area (Å²) in [7, 11) is 0. The maximum atomic E-state index is 13.3. The number of aliphatic hydroxyl groups excluding tert-OH is 1. The first-order valence-electron chi connectivity index (χ1n) is 10.9. The molecule has 4 aromatic rings. The molecule has 3 aromatic carbocycles. The molecule has 1 aromatic heterocycles. The Kier molecular flexibility index (Phi) is 5.71. The Morgan fingerprint density at radius 1 is 1.06 bits per heavy atom. The number of aryl methyl sites for hydroxylation is 2. The summed E-state index contributed by atoms with van der Waals surface area (Å²) in [6, 6.07) is 19.3. The minimum atomic E-state index is -0.803. The summed E-state index contributed by atoms with van der Waals surface area (Å²) in [5.41, 5.74) is 4.14. The average molecular weight is 489 g/mol. The summed E-state index contributed by atoms with van der Waals surface area (Å²) >= 11 is 7.36. The van der Waals surface area contributed by atoms with E-state index in [-0.39, 0.29) is 11.3 Å². The highest BCUT2D eigenvalue weighted by Gasteiger charge is 2.48. The van der Waals surface area contributed by atoms with Gasteiger partial charge < -0.3 is 5.11 Å². The molecule has 5 rings (SSSR count). The van der Waals surface area contributed by atoms with Gasteiger partial charge in [0.25, 0.3) is 5.78 Å². The number of hydrogen-bond acceptors (Lipinski definition) is 5. The second kappa shape index (κ2) is 8.70. The van der Waals surface area contributed by atoms with E-state index in [2.05, 4.69) is 18.0 Å². The predicted molar refractivity (Wildman–Crippen MR) is 136 cm³/mol. The highest BCUT2D eigenvalue weighted by molar-refractivity contribution is 7.22. The van der Waals surface area contributed by atoms with Gasteiger partial charge in [0.15, 0.2) is 5.13 Å². The number of fused-ring (bicyclic) bond motifs is 1. The molecule has 1 amide bonds. The Bertz CT molecular complexity index is 1460. The molecular weight excluding hydrogens is 468 g/mol. The van der Waals surface area contributed by atoms with Gasteiger partial charge >= 0.3 is 5.91 Å². The quantitative estimate of drug-likeness (QED) is 0.204. The van der Waals surface area contributed by atoms with Crippen LogP contribution in [0, 0.1) is 6.92 Å². The Morgan fingerprint density at radius 2 is 1.76 bits per heavy atom. The summed E-state index contributed by atoms with van der Waals surface area (Å²) in [4.78, 5) is 32.7. The minimum absolute atomic E-state index is 0.0321. The standard InChI is InChI=1S/C27H21ClN2O3S/c1-3-16-6-13-20-21(14-16)34-27(29-20)30-23(17-7-4-15(2)5-8-17)22(25(32)26(30)33)24(31)18-9-11-19(28)12-10-18/h4-14,23,31H,3H2,1-2H3/b24-22+/t23-/m1/s1. The molecular formula is C27H21ClN2O3S. The van der Waals surface area contributed by atoms with E-state index >= 15 is 0 Å². The first-order chi connectivity index (χ1) is 16.4. The number of anilines is 1. The lowest BCUT2D eigenvalue weighted by atomic mass is 9.95. The smallest absolute Gasteiger partial charge is 0.301 e. The fourth-order valence-corrected chi connectivity index (χ4v) is 5.32. The predicted octanol–water partition coefficient (Wildman–Crippen LogP) is 6.45. The number of rotatable bonds is 4. The first-order valence-corrected chi connectivity index (χ1v) is 12.1. The van der Waals surface area contributed by atoms with Crippen molar-refractivity contribution >= 4 is 55.7 Å². The van der Waals surface area contributed by atoms with Crippen molar-refractivity contribution in [2.75, 3.05) is 4.90 Å². The summed E-state index contributed by atoms with van der Waals surface area (Å²) in [5, 5.41) is 12.1. The second-order valence-corrected chi connectivity index (χ2v) is 9.68. The van der Waals surface area contributed by atoms with Gasteiger partial charge in [-0.2, -0.15) is 0 Å². The van der Waals surface area contributed by atoms with E-state index < -0.39 is 17.7 Å². The van der Waals surface area contributed by atoms with E-state index in [9.17, 15) is 14.7 Å². The maximum absolute atomic E-state index is 13.3.